The molecular weight excluding hydrogens is 304 g/mol. The number of primary amides is 1. The first-order valence-corrected chi connectivity index (χ1v) is 7.62. The third-order valence-electron chi connectivity index (χ3n) is 3.04. The smallest absolute Gasteiger partial charge is 0.318 e. The molecule has 0 unspecified atom stereocenters. The van der Waals surface area contributed by atoms with Crippen molar-refractivity contribution < 1.29 is 14.3 Å². The predicted octanol–water partition coefficient (Wildman–Crippen LogP) is 1.36. The Labute approximate surface area is 132 Å². The fraction of sp³-hybridized carbons (Fsp3) is 0.357. The molecule has 1 aromatic carbocycles. The lowest BCUT2D eigenvalue weighted by molar-refractivity contribution is -0.119. The summed E-state index contributed by atoms with van der Waals surface area (Å²) in [5.74, 6) is -0.442. The second-order valence-corrected chi connectivity index (χ2v) is 5.95. The number of aromatic nitrogens is 2. The van der Waals surface area contributed by atoms with Crippen molar-refractivity contribution in [3.8, 4) is 0 Å². The lowest BCUT2D eigenvalue weighted by Gasteiger charge is -2.12. The van der Waals surface area contributed by atoms with E-state index in [4.69, 9.17) is 10.5 Å². The van der Waals surface area contributed by atoms with Crippen molar-refractivity contribution in [3.63, 3.8) is 0 Å². The lowest BCUT2D eigenvalue weighted by atomic mass is 10.3. The van der Waals surface area contributed by atoms with Gasteiger partial charge in [0.1, 0.15) is 0 Å². The first kappa shape index (κ1) is 16.3. The number of nitrogens with one attached hydrogen (secondary N) is 1. The van der Waals surface area contributed by atoms with E-state index in [2.05, 4.69) is 10.3 Å². The number of fused-ring (bicyclic) bond motifs is 1. The number of nitrogens with two attached hydrogens (primary N) is 1. The van der Waals surface area contributed by atoms with Gasteiger partial charge < -0.3 is 15.0 Å². The molecule has 0 fully saturated rings. The van der Waals surface area contributed by atoms with E-state index in [0.29, 0.717) is 18.3 Å². The number of methoxy groups -OCH3 is 1. The third kappa shape index (κ3) is 3.77. The Hall–Kier alpha value is -2.06. The van der Waals surface area contributed by atoms with Crippen LogP contribution < -0.4 is 11.1 Å². The summed E-state index contributed by atoms with van der Waals surface area (Å²) in [4.78, 5) is 27.1. The van der Waals surface area contributed by atoms with Crippen LogP contribution in [-0.2, 0) is 16.1 Å². The van der Waals surface area contributed by atoms with E-state index in [1.165, 1.54) is 11.8 Å². The Kier molecular flexibility index (Phi) is 5.40. The molecule has 1 aromatic heterocycles. The van der Waals surface area contributed by atoms with E-state index >= 15 is 0 Å². The van der Waals surface area contributed by atoms with Gasteiger partial charge in [0.2, 0.25) is 5.91 Å². The highest BCUT2D eigenvalue weighted by Gasteiger charge is 2.20. The highest BCUT2D eigenvalue weighted by Crippen LogP contribution is 2.27. The molecule has 0 aliphatic heterocycles. The monoisotopic (exact) mass is 322 g/mol. The molecule has 0 saturated heterocycles. The molecule has 0 aliphatic carbocycles. The average molecular weight is 322 g/mol. The van der Waals surface area contributed by atoms with Crippen molar-refractivity contribution >= 4 is 34.7 Å². The van der Waals surface area contributed by atoms with Gasteiger partial charge in [-0.15, -0.1) is 0 Å². The first-order valence-electron chi connectivity index (χ1n) is 6.74. The number of rotatable bonds is 6. The fourth-order valence-corrected chi connectivity index (χ4v) is 2.93. The van der Waals surface area contributed by atoms with Crippen LogP contribution in [0.4, 0.5) is 4.79 Å². The molecule has 0 saturated carbocycles. The molecule has 0 bridgehead atoms. The van der Waals surface area contributed by atoms with Gasteiger partial charge in [-0.3, -0.25) is 10.1 Å². The number of hydrogen-bond acceptors (Lipinski definition) is 5. The summed E-state index contributed by atoms with van der Waals surface area (Å²) in [6.07, 6.45) is 0. The molecule has 1 atom stereocenters. The lowest BCUT2D eigenvalue weighted by Crippen LogP contribution is -2.39. The molecule has 22 heavy (non-hydrogen) atoms. The summed E-state index contributed by atoms with van der Waals surface area (Å²) in [5.41, 5.74) is 6.79. The molecule has 8 heteroatoms. The minimum Gasteiger partial charge on any atom is -0.383 e. The second kappa shape index (κ2) is 7.28. The Morgan fingerprint density at radius 1 is 1.45 bits per heavy atom. The summed E-state index contributed by atoms with van der Waals surface area (Å²) in [5, 5.41) is 2.28. The molecule has 1 heterocycles. The van der Waals surface area contributed by atoms with Crippen molar-refractivity contribution in [2.24, 2.45) is 5.73 Å². The molecule has 2 rings (SSSR count). The quantitative estimate of drug-likeness (QED) is 0.782. The number of para-hydroxylation sites is 2. The molecule has 118 valence electrons. The van der Waals surface area contributed by atoms with Gasteiger partial charge >= 0.3 is 6.03 Å². The van der Waals surface area contributed by atoms with E-state index in [0.717, 1.165) is 11.0 Å². The number of imidazole rings is 1. The topological polar surface area (TPSA) is 99.2 Å². The van der Waals surface area contributed by atoms with Gasteiger partial charge in [-0.1, -0.05) is 23.9 Å². The summed E-state index contributed by atoms with van der Waals surface area (Å²) in [6, 6.07) is 6.87. The zero-order valence-electron chi connectivity index (χ0n) is 12.4. The maximum Gasteiger partial charge on any atom is 0.318 e. The van der Waals surface area contributed by atoms with Crippen molar-refractivity contribution in [1.82, 2.24) is 14.9 Å². The first-order chi connectivity index (χ1) is 10.5. The zero-order valence-corrected chi connectivity index (χ0v) is 13.2. The minimum absolute atomic E-state index is 0.442. The standard InChI is InChI=1S/C14H18N4O3S/c1-9(12(19)17-13(15)20)22-14-16-10-5-3-4-6-11(10)18(14)7-8-21-2/h3-6,9H,7-8H2,1-2H3,(H3,15,17,19,20)/t9-/m0/s1. The molecule has 7 nitrogen and oxygen atoms in total. The van der Waals surface area contributed by atoms with Crippen molar-refractivity contribution in [3.05, 3.63) is 24.3 Å². The van der Waals surface area contributed by atoms with Crippen molar-refractivity contribution in [2.45, 2.75) is 23.9 Å². The van der Waals surface area contributed by atoms with Crippen LogP contribution in [0.2, 0.25) is 0 Å². The van der Waals surface area contributed by atoms with Crippen LogP contribution in [0, 0.1) is 0 Å². The summed E-state index contributed by atoms with van der Waals surface area (Å²) >= 11 is 1.27. The van der Waals surface area contributed by atoms with Crippen LogP contribution in [-0.4, -0.2) is 40.5 Å². The molecule has 3 N–H and O–H groups in total. The van der Waals surface area contributed by atoms with Crippen LogP contribution in [0.15, 0.2) is 29.4 Å². The average Bonchev–Trinajstić information content (AvgIpc) is 2.81. The molecule has 0 spiro atoms. The van der Waals surface area contributed by atoms with E-state index < -0.39 is 17.2 Å². The Bertz CT molecular complexity index is 686. The highest BCUT2D eigenvalue weighted by atomic mass is 32.2. The van der Waals surface area contributed by atoms with Crippen LogP contribution >= 0.6 is 11.8 Å². The SMILES string of the molecule is COCCn1c(S[C@@H](C)C(=O)NC(N)=O)nc2ccccc21. The van der Waals surface area contributed by atoms with Crippen LogP contribution in [0.1, 0.15) is 6.92 Å². The number of urea groups is 1. The number of hydrogen-bond donors (Lipinski definition) is 2. The minimum atomic E-state index is -0.856. The van der Waals surface area contributed by atoms with Crippen molar-refractivity contribution in [1.29, 1.82) is 0 Å². The fourth-order valence-electron chi connectivity index (χ4n) is 1.98. The van der Waals surface area contributed by atoms with Crippen LogP contribution in [0.25, 0.3) is 11.0 Å². The van der Waals surface area contributed by atoms with E-state index in [1.54, 1.807) is 14.0 Å². The maximum atomic E-state index is 11.8. The Morgan fingerprint density at radius 2 is 2.18 bits per heavy atom. The molecule has 0 radical (unpaired) electrons. The number of benzene rings is 1. The molecule has 3 amide bonds. The number of imide groups is 1. The van der Waals surface area contributed by atoms with Gasteiger partial charge in [0.15, 0.2) is 5.16 Å². The number of thioether (sulfide) groups is 1. The zero-order chi connectivity index (χ0) is 16.1. The second-order valence-electron chi connectivity index (χ2n) is 4.64. The van der Waals surface area contributed by atoms with E-state index in [-0.39, 0.29) is 0 Å². The summed E-state index contributed by atoms with van der Waals surface area (Å²) < 4.78 is 7.12. The van der Waals surface area contributed by atoms with E-state index in [9.17, 15) is 9.59 Å². The summed E-state index contributed by atoms with van der Waals surface area (Å²) in [6.45, 7) is 2.86. The molecule has 0 aliphatic rings. The molecular formula is C14H18N4O3S. The Balaban J connectivity index is 2.25. The number of carbonyl (C=O) groups is 2. The van der Waals surface area contributed by atoms with Gasteiger partial charge in [0.05, 0.1) is 22.9 Å². The van der Waals surface area contributed by atoms with Gasteiger partial charge in [0, 0.05) is 13.7 Å². The van der Waals surface area contributed by atoms with Gasteiger partial charge in [0.25, 0.3) is 0 Å². The number of nitrogens with zero attached hydrogens (tertiary/aromatic N) is 2. The number of amides is 3. The third-order valence-corrected chi connectivity index (χ3v) is 4.13. The normalized spacial score (nSPS) is 12.3. The largest absolute Gasteiger partial charge is 0.383 e. The number of carbonyl (C=O) groups excluding carboxylic acids is 2. The van der Waals surface area contributed by atoms with Gasteiger partial charge in [-0.25, -0.2) is 9.78 Å². The van der Waals surface area contributed by atoms with Crippen molar-refractivity contribution in [2.75, 3.05) is 13.7 Å². The summed E-state index contributed by atoms with van der Waals surface area (Å²) in [7, 11) is 1.63. The van der Waals surface area contributed by atoms with Crippen LogP contribution in [0.3, 0.4) is 0 Å². The highest BCUT2D eigenvalue weighted by molar-refractivity contribution is 8.00. The molecule has 2 aromatic rings. The Morgan fingerprint density at radius 3 is 2.86 bits per heavy atom. The van der Waals surface area contributed by atoms with Crippen LogP contribution in [0.5, 0.6) is 0 Å². The maximum absolute atomic E-state index is 11.8. The number of ether oxygens (including phenoxy) is 1. The van der Waals surface area contributed by atoms with Gasteiger partial charge in [-0.05, 0) is 19.1 Å². The van der Waals surface area contributed by atoms with E-state index in [1.807, 2.05) is 28.8 Å². The predicted molar refractivity (Wildman–Crippen MR) is 84.7 cm³/mol. The van der Waals surface area contributed by atoms with Gasteiger partial charge in [-0.2, -0.15) is 0 Å².